The molecule has 0 N–H and O–H groups in total. The zero-order chi connectivity index (χ0) is 17.8. The molecule has 2 aromatic carbocycles. The van der Waals surface area contributed by atoms with Gasteiger partial charge in [-0.3, -0.25) is 4.79 Å². The van der Waals surface area contributed by atoms with Gasteiger partial charge in [-0.25, -0.2) is 0 Å². The van der Waals surface area contributed by atoms with Crippen molar-refractivity contribution < 1.29 is 4.79 Å². The fraction of sp³-hybridized carbons (Fsp3) is 0.250. The SMILES string of the molecule is CCn1c(SC(C)C(=O)c2ccccc2)nnc1-c1cccc(C)c1. The summed E-state index contributed by atoms with van der Waals surface area (Å²) < 4.78 is 2.06. The molecule has 5 heteroatoms. The molecule has 1 atom stereocenters. The van der Waals surface area contributed by atoms with E-state index in [9.17, 15) is 4.79 Å². The number of ketones is 1. The van der Waals surface area contributed by atoms with Crippen molar-refractivity contribution in [3.8, 4) is 11.4 Å². The van der Waals surface area contributed by atoms with Crippen LogP contribution in [0.25, 0.3) is 11.4 Å². The number of hydrogen-bond donors (Lipinski definition) is 0. The minimum atomic E-state index is -0.220. The quantitative estimate of drug-likeness (QED) is 0.479. The molecular formula is C20H21N3OS. The standard InChI is InChI=1S/C20H21N3OS/c1-4-23-19(17-12-8-9-14(2)13-17)21-22-20(23)25-15(3)18(24)16-10-6-5-7-11-16/h5-13,15H,4H2,1-3H3. The number of hydrogen-bond acceptors (Lipinski definition) is 4. The highest BCUT2D eigenvalue weighted by Gasteiger charge is 2.21. The number of carbonyl (C=O) groups is 1. The summed E-state index contributed by atoms with van der Waals surface area (Å²) in [5.41, 5.74) is 2.96. The first-order chi connectivity index (χ1) is 12.1. The van der Waals surface area contributed by atoms with E-state index in [0.29, 0.717) is 0 Å². The summed E-state index contributed by atoms with van der Waals surface area (Å²) in [5.74, 6) is 0.946. The first-order valence-corrected chi connectivity index (χ1v) is 9.24. The first-order valence-electron chi connectivity index (χ1n) is 8.36. The van der Waals surface area contributed by atoms with Crippen LogP contribution in [0.3, 0.4) is 0 Å². The molecule has 3 rings (SSSR count). The summed E-state index contributed by atoms with van der Waals surface area (Å²) in [6, 6.07) is 17.6. The highest BCUT2D eigenvalue weighted by Crippen LogP contribution is 2.28. The van der Waals surface area contributed by atoms with Crippen molar-refractivity contribution in [1.29, 1.82) is 0 Å². The molecule has 0 spiro atoms. The number of rotatable bonds is 6. The number of aryl methyl sites for hydroxylation is 1. The van der Waals surface area contributed by atoms with E-state index in [0.717, 1.165) is 28.7 Å². The van der Waals surface area contributed by atoms with E-state index in [4.69, 9.17) is 0 Å². The van der Waals surface area contributed by atoms with Gasteiger partial charge >= 0.3 is 0 Å². The summed E-state index contributed by atoms with van der Waals surface area (Å²) in [7, 11) is 0. The molecule has 4 nitrogen and oxygen atoms in total. The third-order valence-electron chi connectivity index (χ3n) is 4.02. The minimum absolute atomic E-state index is 0.105. The van der Waals surface area contributed by atoms with E-state index >= 15 is 0 Å². The molecule has 0 saturated heterocycles. The maximum atomic E-state index is 12.6. The van der Waals surface area contributed by atoms with Crippen molar-refractivity contribution in [3.63, 3.8) is 0 Å². The van der Waals surface area contributed by atoms with Crippen LogP contribution < -0.4 is 0 Å². The van der Waals surface area contributed by atoms with Gasteiger partial charge in [0.25, 0.3) is 0 Å². The average Bonchev–Trinajstić information content (AvgIpc) is 3.04. The summed E-state index contributed by atoms with van der Waals surface area (Å²) in [6.07, 6.45) is 0. The Bertz CT molecular complexity index is 874. The zero-order valence-electron chi connectivity index (χ0n) is 14.6. The average molecular weight is 351 g/mol. The van der Waals surface area contributed by atoms with Gasteiger partial charge < -0.3 is 4.57 Å². The molecule has 0 amide bonds. The van der Waals surface area contributed by atoms with E-state index in [1.165, 1.54) is 17.3 Å². The summed E-state index contributed by atoms with van der Waals surface area (Å²) in [5, 5.41) is 9.25. The largest absolute Gasteiger partial charge is 0.302 e. The van der Waals surface area contributed by atoms with Crippen LogP contribution in [0.5, 0.6) is 0 Å². The van der Waals surface area contributed by atoms with Crippen molar-refractivity contribution in [3.05, 3.63) is 65.7 Å². The summed E-state index contributed by atoms with van der Waals surface area (Å²) >= 11 is 1.46. The Morgan fingerprint density at radius 3 is 2.56 bits per heavy atom. The second kappa shape index (κ2) is 7.66. The topological polar surface area (TPSA) is 47.8 Å². The fourth-order valence-corrected chi connectivity index (χ4v) is 3.70. The van der Waals surface area contributed by atoms with E-state index < -0.39 is 0 Å². The Balaban J connectivity index is 1.85. The number of nitrogens with zero attached hydrogens (tertiary/aromatic N) is 3. The van der Waals surface area contributed by atoms with Gasteiger partial charge in [0.1, 0.15) is 0 Å². The molecule has 3 aromatic rings. The molecule has 128 valence electrons. The van der Waals surface area contributed by atoms with Crippen molar-refractivity contribution >= 4 is 17.5 Å². The molecule has 0 aliphatic heterocycles. The summed E-state index contributed by atoms with van der Waals surface area (Å²) in [4.78, 5) is 12.6. The molecule has 1 unspecified atom stereocenters. The van der Waals surface area contributed by atoms with Crippen LogP contribution in [0, 0.1) is 6.92 Å². The molecule has 0 radical (unpaired) electrons. The Morgan fingerprint density at radius 2 is 1.88 bits per heavy atom. The fourth-order valence-electron chi connectivity index (χ4n) is 2.71. The Kier molecular flexibility index (Phi) is 5.34. The van der Waals surface area contributed by atoms with Crippen molar-refractivity contribution in [2.24, 2.45) is 0 Å². The van der Waals surface area contributed by atoms with E-state index in [1.807, 2.05) is 49.4 Å². The zero-order valence-corrected chi connectivity index (χ0v) is 15.5. The third kappa shape index (κ3) is 3.82. The summed E-state index contributed by atoms with van der Waals surface area (Å²) in [6.45, 7) is 6.80. The van der Waals surface area contributed by atoms with E-state index in [2.05, 4.69) is 40.7 Å². The van der Waals surface area contributed by atoms with Gasteiger partial charge in [-0.15, -0.1) is 10.2 Å². The lowest BCUT2D eigenvalue weighted by atomic mass is 10.1. The molecule has 0 aliphatic rings. The predicted octanol–water partition coefficient (Wildman–Crippen LogP) is 4.64. The lowest BCUT2D eigenvalue weighted by Gasteiger charge is -2.12. The number of aromatic nitrogens is 3. The number of thioether (sulfide) groups is 1. The maximum Gasteiger partial charge on any atom is 0.192 e. The second-order valence-corrected chi connectivity index (χ2v) is 7.22. The van der Waals surface area contributed by atoms with Gasteiger partial charge in [0.05, 0.1) is 5.25 Å². The number of benzene rings is 2. The number of Topliss-reactive ketones (excluding diaryl/α,β-unsaturated/α-hetero) is 1. The first kappa shape index (κ1) is 17.4. The Hall–Kier alpha value is -2.40. The van der Waals surface area contributed by atoms with Crippen LogP contribution in [-0.4, -0.2) is 25.8 Å². The van der Waals surface area contributed by atoms with Crippen molar-refractivity contribution in [2.75, 3.05) is 0 Å². The Morgan fingerprint density at radius 1 is 1.12 bits per heavy atom. The van der Waals surface area contributed by atoms with Crippen LogP contribution in [-0.2, 0) is 6.54 Å². The predicted molar refractivity (Wildman–Crippen MR) is 102 cm³/mol. The minimum Gasteiger partial charge on any atom is -0.302 e. The molecule has 25 heavy (non-hydrogen) atoms. The van der Waals surface area contributed by atoms with Crippen LogP contribution in [0.2, 0.25) is 0 Å². The lowest BCUT2D eigenvalue weighted by Crippen LogP contribution is -2.14. The maximum absolute atomic E-state index is 12.6. The van der Waals surface area contributed by atoms with Crippen LogP contribution in [0.15, 0.2) is 59.8 Å². The third-order valence-corrected chi connectivity index (χ3v) is 5.10. The van der Waals surface area contributed by atoms with Crippen LogP contribution in [0.1, 0.15) is 29.8 Å². The highest BCUT2D eigenvalue weighted by molar-refractivity contribution is 8.00. The lowest BCUT2D eigenvalue weighted by molar-refractivity contribution is 0.0994. The number of carbonyl (C=O) groups excluding carboxylic acids is 1. The Labute approximate surface area is 152 Å². The van der Waals surface area contributed by atoms with E-state index in [1.54, 1.807) is 0 Å². The van der Waals surface area contributed by atoms with Gasteiger partial charge in [-0.2, -0.15) is 0 Å². The van der Waals surface area contributed by atoms with Gasteiger partial charge in [0, 0.05) is 17.7 Å². The molecule has 0 fully saturated rings. The highest BCUT2D eigenvalue weighted by atomic mass is 32.2. The van der Waals surface area contributed by atoms with Crippen molar-refractivity contribution in [1.82, 2.24) is 14.8 Å². The van der Waals surface area contributed by atoms with Gasteiger partial charge in [0.2, 0.25) is 0 Å². The van der Waals surface area contributed by atoms with Gasteiger partial charge in [0.15, 0.2) is 16.8 Å². The monoisotopic (exact) mass is 351 g/mol. The van der Waals surface area contributed by atoms with Crippen molar-refractivity contribution in [2.45, 2.75) is 37.7 Å². The molecule has 0 aliphatic carbocycles. The molecule has 0 bridgehead atoms. The normalized spacial score (nSPS) is 12.1. The van der Waals surface area contributed by atoms with E-state index in [-0.39, 0.29) is 11.0 Å². The molecule has 0 saturated carbocycles. The molecule has 1 heterocycles. The van der Waals surface area contributed by atoms with Gasteiger partial charge in [-0.1, -0.05) is 65.9 Å². The smallest absolute Gasteiger partial charge is 0.192 e. The van der Waals surface area contributed by atoms with Crippen LogP contribution in [0.4, 0.5) is 0 Å². The molecular weight excluding hydrogens is 330 g/mol. The second-order valence-electron chi connectivity index (χ2n) is 5.91. The molecule has 1 aromatic heterocycles. The van der Waals surface area contributed by atoms with Crippen LogP contribution >= 0.6 is 11.8 Å². The van der Waals surface area contributed by atoms with Gasteiger partial charge in [-0.05, 0) is 26.8 Å².